The van der Waals surface area contributed by atoms with E-state index in [1.165, 1.54) is 0 Å². The molecule has 0 saturated carbocycles. The fraction of sp³-hybridized carbons (Fsp3) is 0.0769. The van der Waals surface area contributed by atoms with Gasteiger partial charge in [-0.3, -0.25) is 0 Å². The first-order valence-corrected chi connectivity index (χ1v) is 5.65. The lowest BCUT2D eigenvalue weighted by Crippen LogP contribution is -1.89. The molecule has 3 heteroatoms. The lowest BCUT2D eigenvalue weighted by atomic mass is 10.3. The Morgan fingerprint density at radius 3 is 2.12 bits per heavy atom. The van der Waals surface area contributed by atoms with Crippen molar-refractivity contribution in [3.63, 3.8) is 0 Å². The van der Waals surface area contributed by atoms with Crippen LogP contribution in [0.1, 0.15) is 0 Å². The van der Waals surface area contributed by atoms with E-state index in [4.69, 9.17) is 9.47 Å². The van der Waals surface area contributed by atoms with Gasteiger partial charge in [-0.1, -0.05) is 28.1 Å². The lowest BCUT2D eigenvalue weighted by Gasteiger charge is -2.09. The summed E-state index contributed by atoms with van der Waals surface area (Å²) in [6, 6.07) is 15.2. The van der Waals surface area contributed by atoms with Crippen LogP contribution in [0.5, 0.6) is 17.2 Å². The Balaban J connectivity index is 2.23. The third-order valence-corrected chi connectivity index (χ3v) is 2.64. The van der Waals surface area contributed by atoms with Gasteiger partial charge in [0, 0.05) is 4.47 Å². The maximum atomic E-state index is 5.71. The molecule has 0 aliphatic rings. The van der Waals surface area contributed by atoms with E-state index in [-0.39, 0.29) is 0 Å². The Hall–Kier alpha value is -1.48. The summed E-state index contributed by atoms with van der Waals surface area (Å²) in [4.78, 5) is 0. The average molecular weight is 279 g/mol. The maximum Gasteiger partial charge on any atom is 0.169 e. The van der Waals surface area contributed by atoms with Crippen molar-refractivity contribution in [2.45, 2.75) is 0 Å². The van der Waals surface area contributed by atoms with Crippen LogP contribution in [0.25, 0.3) is 0 Å². The van der Waals surface area contributed by atoms with E-state index in [0.29, 0.717) is 5.75 Å². The van der Waals surface area contributed by atoms with Crippen LogP contribution < -0.4 is 9.47 Å². The number of methoxy groups -OCH3 is 1. The predicted octanol–water partition coefficient (Wildman–Crippen LogP) is 4.25. The van der Waals surface area contributed by atoms with Crippen LogP contribution >= 0.6 is 15.9 Å². The second-order valence-corrected chi connectivity index (χ2v) is 4.12. The third kappa shape index (κ3) is 2.55. The minimum atomic E-state index is 0.715. The number of halogens is 1. The SMILES string of the molecule is COc1ccccc1Oc1ccc(Br)cc1. The first-order chi connectivity index (χ1) is 7.79. The summed E-state index contributed by atoms with van der Waals surface area (Å²) >= 11 is 3.38. The van der Waals surface area contributed by atoms with Gasteiger partial charge in [0.05, 0.1) is 7.11 Å². The van der Waals surface area contributed by atoms with Gasteiger partial charge < -0.3 is 9.47 Å². The van der Waals surface area contributed by atoms with E-state index in [1.807, 2.05) is 48.5 Å². The van der Waals surface area contributed by atoms with Gasteiger partial charge in [-0.15, -0.1) is 0 Å². The van der Waals surface area contributed by atoms with Gasteiger partial charge in [-0.25, -0.2) is 0 Å². The molecule has 0 fully saturated rings. The minimum absolute atomic E-state index is 0.715. The highest BCUT2D eigenvalue weighted by Crippen LogP contribution is 2.31. The number of benzene rings is 2. The zero-order valence-electron chi connectivity index (χ0n) is 8.81. The van der Waals surface area contributed by atoms with Crippen LogP contribution in [0.2, 0.25) is 0 Å². The number of para-hydroxylation sites is 2. The van der Waals surface area contributed by atoms with Crippen LogP contribution in [0.4, 0.5) is 0 Å². The number of rotatable bonds is 3. The van der Waals surface area contributed by atoms with E-state index in [9.17, 15) is 0 Å². The molecule has 2 rings (SSSR count). The molecule has 0 heterocycles. The fourth-order valence-corrected chi connectivity index (χ4v) is 1.60. The molecule has 0 atom stereocenters. The van der Waals surface area contributed by atoms with Crippen molar-refractivity contribution in [1.29, 1.82) is 0 Å². The maximum absolute atomic E-state index is 5.71. The van der Waals surface area contributed by atoms with E-state index >= 15 is 0 Å². The normalized spacial score (nSPS) is 9.88. The van der Waals surface area contributed by atoms with E-state index < -0.39 is 0 Å². The summed E-state index contributed by atoms with van der Waals surface area (Å²) in [5.74, 6) is 2.23. The van der Waals surface area contributed by atoms with Gasteiger partial charge in [0.1, 0.15) is 5.75 Å². The standard InChI is InChI=1S/C13H11BrO2/c1-15-12-4-2-3-5-13(12)16-11-8-6-10(14)7-9-11/h2-9H,1H3. The zero-order chi connectivity index (χ0) is 11.4. The van der Waals surface area contributed by atoms with E-state index in [2.05, 4.69) is 15.9 Å². The lowest BCUT2D eigenvalue weighted by molar-refractivity contribution is 0.379. The molecule has 0 aromatic heterocycles. The van der Waals surface area contributed by atoms with Crippen molar-refractivity contribution in [3.8, 4) is 17.2 Å². The van der Waals surface area contributed by atoms with Crippen molar-refractivity contribution in [3.05, 3.63) is 53.0 Å². The molecule has 0 aliphatic carbocycles. The van der Waals surface area contributed by atoms with Gasteiger partial charge in [0.2, 0.25) is 0 Å². The van der Waals surface area contributed by atoms with Gasteiger partial charge in [-0.2, -0.15) is 0 Å². The molecule has 16 heavy (non-hydrogen) atoms. The predicted molar refractivity (Wildman–Crippen MR) is 67.2 cm³/mol. The second kappa shape index (κ2) is 5.03. The van der Waals surface area contributed by atoms with E-state index in [1.54, 1.807) is 7.11 Å². The summed E-state index contributed by atoms with van der Waals surface area (Å²) in [5.41, 5.74) is 0. The smallest absolute Gasteiger partial charge is 0.169 e. The van der Waals surface area contributed by atoms with Gasteiger partial charge >= 0.3 is 0 Å². The van der Waals surface area contributed by atoms with Crippen molar-refractivity contribution < 1.29 is 9.47 Å². The largest absolute Gasteiger partial charge is 0.493 e. The summed E-state index contributed by atoms with van der Waals surface area (Å²) in [5, 5.41) is 0. The Bertz CT molecular complexity index is 466. The molecule has 0 spiro atoms. The highest BCUT2D eigenvalue weighted by atomic mass is 79.9. The molecule has 0 radical (unpaired) electrons. The van der Waals surface area contributed by atoms with Crippen molar-refractivity contribution in [2.75, 3.05) is 7.11 Å². The Labute approximate surface area is 103 Å². The molecule has 0 aliphatic heterocycles. The molecule has 0 unspecified atom stereocenters. The molecular weight excluding hydrogens is 268 g/mol. The van der Waals surface area contributed by atoms with Gasteiger partial charge in [0.15, 0.2) is 11.5 Å². The van der Waals surface area contributed by atoms with Gasteiger partial charge in [0.25, 0.3) is 0 Å². The molecule has 0 N–H and O–H groups in total. The average Bonchev–Trinajstić information content (AvgIpc) is 2.33. The Morgan fingerprint density at radius 2 is 1.50 bits per heavy atom. The summed E-state index contributed by atoms with van der Waals surface area (Å²) in [6.07, 6.45) is 0. The third-order valence-electron chi connectivity index (χ3n) is 2.11. The van der Waals surface area contributed by atoms with Crippen LogP contribution in [0, 0.1) is 0 Å². The monoisotopic (exact) mass is 278 g/mol. The summed E-state index contributed by atoms with van der Waals surface area (Å²) in [6.45, 7) is 0. The summed E-state index contributed by atoms with van der Waals surface area (Å²) < 4.78 is 11.9. The Morgan fingerprint density at radius 1 is 0.875 bits per heavy atom. The topological polar surface area (TPSA) is 18.5 Å². The number of ether oxygens (including phenoxy) is 2. The zero-order valence-corrected chi connectivity index (χ0v) is 10.4. The molecule has 2 aromatic carbocycles. The molecule has 2 aromatic rings. The summed E-state index contributed by atoms with van der Waals surface area (Å²) in [7, 11) is 1.63. The molecule has 82 valence electrons. The quantitative estimate of drug-likeness (QED) is 0.836. The number of hydrogen-bond donors (Lipinski definition) is 0. The fourth-order valence-electron chi connectivity index (χ4n) is 1.33. The van der Waals surface area contributed by atoms with Gasteiger partial charge in [-0.05, 0) is 36.4 Å². The Kier molecular flexibility index (Phi) is 3.47. The minimum Gasteiger partial charge on any atom is -0.493 e. The first-order valence-electron chi connectivity index (χ1n) is 4.86. The van der Waals surface area contributed by atoms with Crippen LogP contribution in [0.15, 0.2) is 53.0 Å². The van der Waals surface area contributed by atoms with Crippen molar-refractivity contribution in [2.24, 2.45) is 0 Å². The van der Waals surface area contributed by atoms with Crippen molar-refractivity contribution >= 4 is 15.9 Å². The van der Waals surface area contributed by atoms with Crippen LogP contribution in [-0.2, 0) is 0 Å². The van der Waals surface area contributed by atoms with Crippen molar-refractivity contribution in [1.82, 2.24) is 0 Å². The molecular formula is C13H11BrO2. The first kappa shape index (κ1) is 11.0. The molecule has 0 amide bonds. The highest BCUT2D eigenvalue weighted by molar-refractivity contribution is 9.10. The second-order valence-electron chi connectivity index (χ2n) is 3.21. The highest BCUT2D eigenvalue weighted by Gasteiger charge is 2.03. The van der Waals surface area contributed by atoms with E-state index in [0.717, 1.165) is 16.0 Å². The molecule has 2 nitrogen and oxygen atoms in total. The molecule has 0 bridgehead atoms. The van der Waals surface area contributed by atoms with Crippen LogP contribution in [0.3, 0.4) is 0 Å². The number of hydrogen-bond acceptors (Lipinski definition) is 2. The molecule has 0 saturated heterocycles. The van der Waals surface area contributed by atoms with Crippen LogP contribution in [-0.4, -0.2) is 7.11 Å².